The lowest BCUT2D eigenvalue weighted by Crippen LogP contribution is -2.24. The second-order valence-electron chi connectivity index (χ2n) is 6.17. The fourth-order valence-corrected chi connectivity index (χ4v) is 3.54. The predicted molar refractivity (Wildman–Crippen MR) is 107 cm³/mol. The van der Waals surface area contributed by atoms with Crippen LogP contribution in [-0.4, -0.2) is 52.9 Å². The Morgan fingerprint density at radius 3 is 2.80 bits per heavy atom. The number of carbonyl (C=O) groups excluding carboxylic acids is 1. The van der Waals surface area contributed by atoms with E-state index in [0.717, 1.165) is 5.56 Å². The SMILES string of the molecule is COc1ccc(-n2nnnc2SCC(=O)NCc2ccc3c(c2)OCO3)cc1OC. The van der Waals surface area contributed by atoms with Gasteiger partial charge in [-0.2, -0.15) is 4.68 Å². The third-order valence-electron chi connectivity index (χ3n) is 4.31. The summed E-state index contributed by atoms with van der Waals surface area (Å²) in [5.41, 5.74) is 1.62. The number of tetrazole rings is 1. The molecule has 1 amide bonds. The third-order valence-corrected chi connectivity index (χ3v) is 5.23. The van der Waals surface area contributed by atoms with E-state index in [1.165, 1.54) is 16.4 Å². The number of benzene rings is 2. The lowest BCUT2D eigenvalue weighted by Gasteiger charge is -2.10. The van der Waals surface area contributed by atoms with Crippen LogP contribution in [0, 0.1) is 0 Å². The Morgan fingerprint density at radius 2 is 1.97 bits per heavy atom. The Labute approximate surface area is 176 Å². The summed E-state index contributed by atoms with van der Waals surface area (Å²) < 4.78 is 22.7. The largest absolute Gasteiger partial charge is 0.493 e. The zero-order valence-electron chi connectivity index (χ0n) is 16.3. The summed E-state index contributed by atoms with van der Waals surface area (Å²) in [4.78, 5) is 12.3. The standard InChI is InChI=1S/C19H19N5O5S/c1-26-14-6-4-13(8-16(14)27-2)24-19(21-22-23-24)30-10-18(25)20-9-12-3-5-15-17(7-12)29-11-28-15/h3-8H,9-11H2,1-2H3,(H,20,25). The van der Waals surface area contributed by atoms with Crippen LogP contribution in [-0.2, 0) is 11.3 Å². The molecule has 2 aromatic carbocycles. The van der Waals surface area contributed by atoms with Crippen molar-refractivity contribution in [1.82, 2.24) is 25.5 Å². The van der Waals surface area contributed by atoms with Crippen molar-refractivity contribution in [3.63, 3.8) is 0 Å². The van der Waals surface area contributed by atoms with E-state index in [1.54, 1.807) is 26.4 Å². The van der Waals surface area contributed by atoms with E-state index in [1.807, 2.05) is 24.3 Å². The summed E-state index contributed by atoms with van der Waals surface area (Å²) in [7, 11) is 3.12. The summed E-state index contributed by atoms with van der Waals surface area (Å²) in [6.07, 6.45) is 0. The number of amides is 1. The van der Waals surface area contributed by atoms with E-state index in [0.29, 0.717) is 40.4 Å². The molecule has 1 aliphatic rings. The van der Waals surface area contributed by atoms with Gasteiger partial charge in [0.25, 0.3) is 0 Å². The Bertz CT molecular complexity index is 1060. The molecule has 1 aromatic heterocycles. The van der Waals surface area contributed by atoms with Gasteiger partial charge in [0.1, 0.15) is 0 Å². The van der Waals surface area contributed by atoms with Crippen molar-refractivity contribution in [2.24, 2.45) is 0 Å². The molecule has 2 heterocycles. The van der Waals surface area contributed by atoms with Crippen LogP contribution in [0.2, 0.25) is 0 Å². The molecule has 30 heavy (non-hydrogen) atoms. The smallest absolute Gasteiger partial charge is 0.231 e. The van der Waals surface area contributed by atoms with Gasteiger partial charge in [-0.1, -0.05) is 17.8 Å². The zero-order chi connectivity index (χ0) is 20.9. The van der Waals surface area contributed by atoms with E-state index < -0.39 is 0 Å². The van der Waals surface area contributed by atoms with Gasteiger partial charge in [-0.15, -0.1) is 5.10 Å². The maximum Gasteiger partial charge on any atom is 0.231 e. The molecule has 0 saturated heterocycles. The van der Waals surface area contributed by atoms with Crippen LogP contribution >= 0.6 is 11.8 Å². The first kappa shape index (κ1) is 19.8. The summed E-state index contributed by atoms with van der Waals surface area (Å²) in [5, 5.41) is 15.1. The second kappa shape index (κ2) is 8.91. The molecule has 3 aromatic rings. The summed E-state index contributed by atoms with van der Waals surface area (Å²) in [6, 6.07) is 10.9. The Hall–Kier alpha value is -3.47. The fourth-order valence-electron chi connectivity index (χ4n) is 2.82. The van der Waals surface area contributed by atoms with Crippen LogP contribution in [0.15, 0.2) is 41.6 Å². The van der Waals surface area contributed by atoms with Crippen LogP contribution < -0.4 is 24.3 Å². The molecule has 0 aliphatic carbocycles. The first-order valence-electron chi connectivity index (χ1n) is 8.96. The van der Waals surface area contributed by atoms with Gasteiger partial charge in [0, 0.05) is 12.6 Å². The minimum atomic E-state index is -0.139. The summed E-state index contributed by atoms with van der Waals surface area (Å²) in [6.45, 7) is 0.604. The molecule has 1 N–H and O–H groups in total. The quantitative estimate of drug-likeness (QED) is 0.536. The summed E-state index contributed by atoms with van der Waals surface area (Å²) >= 11 is 1.23. The van der Waals surface area contributed by atoms with Gasteiger partial charge in [-0.05, 0) is 40.3 Å². The normalized spacial score (nSPS) is 11.9. The van der Waals surface area contributed by atoms with E-state index in [2.05, 4.69) is 20.8 Å². The lowest BCUT2D eigenvalue weighted by atomic mass is 10.2. The van der Waals surface area contributed by atoms with Crippen LogP contribution in [0.5, 0.6) is 23.0 Å². The number of nitrogens with zero attached hydrogens (tertiary/aromatic N) is 4. The van der Waals surface area contributed by atoms with Gasteiger partial charge in [0.15, 0.2) is 23.0 Å². The molecule has 10 nitrogen and oxygen atoms in total. The van der Waals surface area contributed by atoms with Gasteiger partial charge >= 0.3 is 0 Å². The number of rotatable bonds is 8. The van der Waals surface area contributed by atoms with Crippen molar-refractivity contribution in [3.8, 4) is 28.7 Å². The van der Waals surface area contributed by atoms with Crippen molar-refractivity contribution in [2.45, 2.75) is 11.7 Å². The average Bonchev–Trinajstić information content (AvgIpc) is 3.44. The molecule has 11 heteroatoms. The number of hydrogen-bond acceptors (Lipinski definition) is 9. The highest BCUT2D eigenvalue weighted by Crippen LogP contribution is 2.32. The number of hydrogen-bond donors (Lipinski definition) is 1. The van der Waals surface area contributed by atoms with Gasteiger partial charge in [0.05, 0.1) is 25.7 Å². The molecular weight excluding hydrogens is 410 g/mol. The molecule has 0 spiro atoms. The third kappa shape index (κ3) is 4.25. The van der Waals surface area contributed by atoms with Crippen LogP contribution in [0.25, 0.3) is 5.69 Å². The highest BCUT2D eigenvalue weighted by atomic mass is 32.2. The summed E-state index contributed by atoms with van der Waals surface area (Å²) in [5.74, 6) is 2.58. The molecule has 1 aliphatic heterocycles. The molecule has 4 rings (SSSR count). The predicted octanol–water partition coefficient (Wildman–Crippen LogP) is 1.82. The van der Waals surface area contributed by atoms with E-state index in [-0.39, 0.29) is 18.5 Å². The van der Waals surface area contributed by atoms with Gasteiger partial charge < -0.3 is 24.3 Å². The molecule has 0 saturated carbocycles. The number of fused-ring (bicyclic) bond motifs is 1. The highest BCUT2D eigenvalue weighted by Gasteiger charge is 2.15. The Kier molecular flexibility index (Phi) is 5.89. The molecule has 0 unspecified atom stereocenters. The molecule has 0 fully saturated rings. The minimum Gasteiger partial charge on any atom is -0.493 e. The molecule has 156 valence electrons. The maximum atomic E-state index is 12.3. The average molecular weight is 429 g/mol. The molecule has 0 atom stereocenters. The van der Waals surface area contributed by atoms with Gasteiger partial charge in [-0.25, -0.2) is 0 Å². The molecule has 0 radical (unpaired) electrons. The van der Waals surface area contributed by atoms with Crippen LogP contribution in [0.3, 0.4) is 0 Å². The topological polar surface area (TPSA) is 110 Å². The Balaban J connectivity index is 1.36. The van der Waals surface area contributed by atoms with Crippen molar-refractivity contribution in [3.05, 3.63) is 42.0 Å². The van der Waals surface area contributed by atoms with Crippen LogP contribution in [0.1, 0.15) is 5.56 Å². The van der Waals surface area contributed by atoms with E-state index in [9.17, 15) is 4.79 Å². The van der Waals surface area contributed by atoms with Crippen molar-refractivity contribution >= 4 is 17.7 Å². The number of thioether (sulfide) groups is 1. The van der Waals surface area contributed by atoms with Crippen molar-refractivity contribution < 1.29 is 23.7 Å². The lowest BCUT2D eigenvalue weighted by molar-refractivity contribution is -0.118. The molecule has 0 bridgehead atoms. The highest BCUT2D eigenvalue weighted by molar-refractivity contribution is 7.99. The van der Waals surface area contributed by atoms with E-state index in [4.69, 9.17) is 18.9 Å². The fraction of sp³-hybridized carbons (Fsp3) is 0.263. The van der Waals surface area contributed by atoms with Crippen molar-refractivity contribution in [1.29, 1.82) is 0 Å². The van der Waals surface area contributed by atoms with Crippen LogP contribution in [0.4, 0.5) is 0 Å². The van der Waals surface area contributed by atoms with E-state index >= 15 is 0 Å². The Morgan fingerprint density at radius 1 is 1.13 bits per heavy atom. The van der Waals surface area contributed by atoms with Gasteiger partial charge in [-0.3, -0.25) is 4.79 Å². The number of nitrogens with one attached hydrogen (secondary N) is 1. The maximum absolute atomic E-state index is 12.3. The zero-order valence-corrected chi connectivity index (χ0v) is 17.1. The molecular formula is C19H19N5O5S. The van der Waals surface area contributed by atoms with Gasteiger partial charge in [0.2, 0.25) is 17.9 Å². The number of aromatic nitrogens is 4. The first-order valence-corrected chi connectivity index (χ1v) is 9.95. The monoisotopic (exact) mass is 429 g/mol. The number of ether oxygens (including phenoxy) is 4. The minimum absolute atomic E-state index is 0.139. The number of carbonyl (C=O) groups is 1. The first-order chi connectivity index (χ1) is 14.7. The number of methoxy groups -OCH3 is 2. The second-order valence-corrected chi connectivity index (χ2v) is 7.11. The van der Waals surface area contributed by atoms with Crippen molar-refractivity contribution in [2.75, 3.05) is 26.8 Å².